The zero-order chi connectivity index (χ0) is 11.8. The minimum atomic E-state index is -1.83. The van der Waals surface area contributed by atoms with Crippen LogP contribution in [0.25, 0.3) is 0 Å². The van der Waals surface area contributed by atoms with E-state index >= 15 is 0 Å². The van der Waals surface area contributed by atoms with Gasteiger partial charge < -0.3 is 17.0 Å². The van der Waals surface area contributed by atoms with Crippen LogP contribution >= 0.6 is 14.1 Å². The maximum atomic E-state index is 4.10. The predicted octanol–water partition coefficient (Wildman–Crippen LogP) is 0.791. The number of rotatable bonds is 3. The molecule has 1 unspecified atom stereocenters. The summed E-state index contributed by atoms with van der Waals surface area (Å²) in [6.45, 7) is 4.55. The van der Waals surface area contributed by atoms with Gasteiger partial charge in [-0.05, 0) is 0 Å². The van der Waals surface area contributed by atoms with Gasteiger partial charge in [-0.25, -0.2) is 0 Å². The second kappa shape index (κ2) is 6.20. The van der Waals surface area contributed by atoms with Crippen LogP contribution in [-0.2, 0) is 3.45 Å². The Bertz CT molecular complexity index is 385. The molecule has 1 aliphatic heterocycles. The van der Waals surface area contributed by atoms with E-state index in [0.717, 1.165) is 0 Å². The topological polar surface area (TPSA) is 2.70 Å². The summed E-state index contributed by atoms with van der Waals surface area (Å²) in [4.78, 5) is 0. The van der Waals surface area contributed by atoms with Gasteiger partial charge >= 0.3 is 108 Å². The molecule has 1 aromatic rings. The molecule has 0 radical (unpaired) electrons. The molecule has 1 heterocycles. The smallest absolute Gasteiger partial charge is 1.00 e. The third-order valence-corrected chi connectivity index (χ3v) is 15.2. The van der Waals surface area contributed by atoms with E-state index in [1.165, 1.54) is 23.7 Å². The van der Waals surface area contributed by atoms with Gasteiger partial charge in [-0.15, -0.1) is 0 Å². The van der Waals surface area contributed by atoms with Crippen molar-refractivity contribution < 1.29 is 20.4 Å². The molecule has 4 heteroatoms. The van der Waals surface area contributed by atoms with Gasteiger partial charge in [-0.1, -0.05) is 0 Å². The first-order valence-electron chi connectivity index (χ1n) is 5.86. The average molecular weight is 431 g/mol. The van der Waals surface area contributed by atoms with E-state index in [1.807, 2.05) is 0 Å². The first kappa shape index (κ1) is 15.7. The second-order valence-electron chi connectivity index (χ2n) is 4.33. The van der Waals surface area contributed by atoms with Gasteiger partial charge in [0.05, 0.1) is 0 Å². The van der Waals surface area contributed by atoms with Crippen LogP contribution in [0.2, 0.25) is 5.32 Å². The number of hydrogen-bond donors (Lipinski definition) is 0. The van der Waals surface area contributed by atoms with Gasteiger partial charge in [-0.3, -0.25) is 0 Å². The Morgan fingerprint density at radius 3 is 2.65 bits per heavy atom. The summed E-state index contributed by atoms with van der Waals surface area (Å²) in [6, 6.07) is 8.91. The maximum Gasteiger partial charge on any atom is -1.00 e. The van der Waals surface area contributed by atoms with Crippen LogP contribution in [-0.4, -0.2) is 18.5 Å². The molecule has 1 aromatic carbocycles. The second-order valence-corrected chi connectivity index (χ2v) is 15.1. The fourth-order valence-electron chi connectivity index (χ4n) is 2.21. The molecule has 0 bridgehead atoms. The molecule has 0 aliphatic carbocycles. The summed E-state index contributed by atoms with van der Waals surface area (Å²) < 4.78 is 5.06. The monoisotopic (exact) mass is 430 g/mol. The van der Waals surface area contributed by atoms with Crippen molar-refractivity contribution in [1.29, 1.82) is 0 Å². The number of halogens is 2. The van der Waals surface area contributed by atoms with Gasteiger partial charge in [0.25, 0.3) is 0 Å². The van der Waals surface area contributed by atoms with E-state index in [4.69, 9.17) is 0 Å². The summed E-state index contributed by atoms with van der Waals surface area (Å²) >= 11 is 2.26. The number of fused-ring (bicyclic) bond motifs is 1. The van der Waals surface area contributed by atoms with Crippen molar-refractivity contribution in [2.45, 2.75) is 38.1 Å². The van der Waals surface area contributed by atoms with Gasteiger partial charge in [0.15, 0.2) is 0 Å². The van der Waals surface area contributed by atoms with Crippen molar-refractivity contribution in [2.24, 2.45) is 0 Å². The molecular weight excluding hydrogens is 411 g/mol. The third-order valence-electron chi connectivity index (χ3n) is 3.36. The fraction of sp³-hybridized carbons (Fsp3) is 0.538. The van der Waals surface area contributed by atoms with E-state index < -0.39 is 11.4 Å². The normalized spacial score (nSPS) is 31.4. The first-order chi connectivity index (χ1) is 7.61. The van der Waals surface area contributed by atoms with Crippen molar-refractivity contribution in [3.63, 3.8) is 0 Å². The summed E-state index contributed by atoms with van der Waals surface area (Å²) in [7, 11) is 2.20. The summed E-state index contributed by atoms with van der Waals surface area (Å²) in [5, 5.41) is 1.30. The van der Waals surface area contributed by atoms with Crippen molar-refractivity contribution in [1.82, 2.24) is 0 Å². The Labute approximate surface area is 125 Å². The largest absolute Gasteiger partial charge is 1.00 e. The van der Waals surface area contributed by atoms with Gasteiger partial charge in [0.1, 0.15) is 0 Å². The average Bonchev–Trinajstić information content (AvgIpc) is 2.51. The fourth-order valence-corrected chi connectivity index (χ4v) is 12.1. The standard InChI is InChI=1S/C13H20BrOSe.BrH/c1-4-5-10-16(14)13-9-7-6-8-12(13)11(2)15(16)3;/h6-9,11H,4-5,10H2,1-3H3;1H/q+1;/p-1/t11-;/m1./s1. The molecule has 0 spiro atoms. The molecule has 0 saturated carbocycles. The molecular formula is C13H20Br2OSe. The first-order valence-corrected chi connectivity index (χ1v) is 12.6. The molecule has 1 nitrogen and oxygen atoms in total. The molecule has 1 aliphatic rings. The Balaban J connectivity index is 0.00000144. The van der Waals surface area contributed by atoms with Gasteiger partial charge in [0.2, 0.25) is 0 Å². The molecule has 0 fully saturated rings. The molecule has 0 saturated heterocycles. The molecule has 0 amide bonds. The number of hydrogen-bond acceptors (Lipinski definition) is 0. The molecule has 98 valence electrons. The SMILES string of the molecule is CCCC[Se]1(Br)c2ccccc2[C@@H](C)[O+]1C.[Br-]. The van der Waals surface area contributed by atoms with Crippen LogP contribution in [0.3, 0.4) is 0 Å². The zero-order valence-corrected chi connectivity index (χ0v) is 15.5. The van der Waals surface area contributed by atoms with Gasteiger partial charge in [-0.2, -0.15) is 0 Å². The van der Waals surface area contributed by atoms with E-state index in [-0.39, 0.29) is 17.0 Å². The molecule has 17 heavy (non-hydrogen) atoms. The van der Waals surface area contributed by atoms with Crippen LogP contribution in [0.1, 0.15) is 38.4 Å². The Morgan fingerprint density at radius 1 is 1.35 bits per heavy atom. The Morgan fingerprint density at radius 2 is 2.00 bits per heavy atom. The minimum Gasteiger partial charge on any atom is -1.00 e. The van der Waals surface area contributed by atoms with E-state index in [2.05, 4.69) is 62.8 Å². The quantitative estimate of drug-likeness (QED) is 0.492. The van der Waals surface area contributed by atoms with Crippen LogP contribution in [0.15, 0.2) is 24.3 Å². The molecule has 2 atom stereocenters. The Kier molecular flexibility index (Phi) is 5.74. The van der Waals surface area contributed by atoms with Crippen molar-refractivity contribution in [2.75, 3.05) is 7.11 Å². The summed E-state index contributed by atoms with van der Waals surface area (Å²) in [5.74, 6) is 0. The van der Waals surface area contributed by atoms with E-state index in [1.54, 1.807) is 4.46 Å². The third kappa shape index (κ3) is 2.66. The van der Waals surface area contributed by atoms with E-state index in [9.17, 15) is 0 Å². The van der Waals surface area contributed by atoms with Crippen molar-refractivity contribution >= 4 is 29.9 Å². The molecule has 0 aromatic heterocycles. The predicted molar refractivity (Wildman–Crippen MR) is 75.9 cm³/mol. The van der Waals surface area contributed by atoms with E-state index in [0.29, 0.717) is 6.10 Å². The summed E-state index contributed by atoms with van der Waals surface area (Å²) in [5.41, 5.74) is 1.50. The van der Waals surface area contributed by atoms with Crippen molar-refractivity contribution in [3.8, 4) is 0 Å². The summed E-state index contributed by atoms with van der Waals surface area (Å²) in [6.07, 6.45) is 3.08. The van der Waals surface area contributed by atoms with Crippen LogP contribution < -0.4 is 21.4 Å². The Hall–Kier alpha value is 0.659. The minimum absolute atomic E-state index is 0. The van der Waals surface area contributed by atoms with Crippen molar-refractivity contribution in [3.05, 3.63) is 29.8 Å². The molecule has 0 N–H and O–H groups in total. The zero-order valence-electron chi connectivity index (χ0n) is 10.6. The number of unbranched alkanes of at least 4 members (excludes halogenated alkanes) is 1. The van der Waals surface area contributed by atoms with Crippen LogP contribution in [0.4, 0.5) is 0 Å². The van der Waals surface area contributed by atoms with Crippen LogP contribution in [0.5, 0.6) is 0 Å². The van der Waals surface area contributed by atoms with Crippen LogP contribution in [0, 0.1) is 0 Å². The van der Waals surface area contributed by atoms with Gasteiger partial charge in [0, 0.05) is 0 Å². The number of benzene rings is 1. The molecule has 2 rings (SSSR count). The maximum absolute atomic E-state index is 4.10.